The second-order valence-electron chi connectivity index (χ2n) is 1.83. The molecule has 1 aromatic rings. The zero-order valence-corrected chi connectivity index (χ0v) is 9.51. The fraction of sp³-hybridized carbons (Fsp3) is 0.167. The van der Waals surface area contributed by atoms with Crippen LogP contribution in [0.3, 0.4) is 0 Å². The van der Waals surface area contributed by atoms with E-state index in [1.807, 2.05) is 45.2 Å². The first kappa shape index (κ1) is 9.56. The Morgan fingerprint density at radius 2 is 2.00 bits per heavy atom. The summed E-state index contributed by atoms with van der Waals surface area (Å²) in [7, 11) is 0. The summed E-state index contributed by atoms with van der Waals surface area (Å²) in [4.78, 5) is 3.76. The first-order valence-corrected chi connectivity index (χ1v) is 4.86. The van der Waals surface area contributed by atoms with Gasteiger partial charge in [-0.2, -0.15) is 0 Å². The molecular formula is C6H3F2I2N. The Kier molecular flexibility index (Phi) is 3.41. The first-order valence-electron chi connectivity index (χ1n) is 2.70. The van der Waals surface area contributed by atoms with E-state index in [-0.39, 0.29) is 5.56 Å². The van der Waals surface area contributed by atoms with Crippen molar-refractivity contribution in [3.63, 3.8) is 0 Å². The monoisotopic (exact) mass is 381 g/mol. The normalized spacial score (nSPS) is 10.6. The van der Waals surface area contributed by atoms with E-state index in [9.17, 15) is 8.78 Å². The highest BCUT2D eigenvalue weighted by molar-refractivity contribution is 14.1. The van der Waals surface area contributed by atoms with E-state index in [4.69, 9.17) is 0 Å². The third-order valence-corrected chi connectivity index (χ3v) is 2.61. The summed E-state index contributed by atoms with van der Waals surface area (Å²) in [6, 6.07) is 1.63. The van der Waals surface area contributed by atoms with Crippen molar-refractivity contribution < 1.29 is 8.78 Å². The molecule has 0 spiro atoms. The lowest BCUT2D eigenvalue weighted by Crippen LogP contribution is -1.92. The van der Waals surface area contributed by atoms with E-state index in [2.05, 4.69) is 4.98 Å². The van der Waals surface area contributed by atoms with Crippen molar-refractivity contribution in [3.05, 3.63) is 25.1 Å². The van der Waals surface area contributed by atoms with Crippen LogP contribution in [0.15, 0.2) is 12.3 Å². The van der Waals surface area contributed by atoms with Crippen LogP contribution in [0.2, 0.25) is 0 Å². The van der Waals surface area contributed by atoms with E-state index >= 15 is 0 Å². The van der Waals surface area contributed by atoms with E-state index in [1.165, 1.54) is 6.20 Å². The molecule has 5 heteroatoms. The predicted octanol–water partition coefficient (Wildman–Crippen LogP) is 3.23. The van der Waals surface area contributed by atoms with E-state index < -0.39 is 6.43 Å². The van der Waals surface area contributed by atoms with Crippen LogP contribution in [0, 0.1) is 7.27 Å². The molecule has 60 valence electrons. The molecule has 0 aliphatic rings. The van der Waals surface area contributed by atoms with Crippen LogP contribution >= 0.6 is 45.2 Å². The summed E-state index contributed by atoms with van der Waals surface area (Å²) in [5, 5.41) is 0. The number of halogens is 4. The topological polar surface area (TPSA) is 12.9 Å². The minimum Gasteiger partial charge on any atom is -0.250 e. The van der Waals surface area contributed by atoms with Gasteiger partial charge in [0.25, 0.3) is 6.43 Å². The maximum absolute atomic E-state index is 12.1. The van der Waals surface area contributed by atoms with Gasteiger partial charge >= 0.3 is 0 Å². The van der Waals surface area contributed by atoms with E-state index in [1.54, 1.807) is 6.07 Å². The molecular weight excluding hydrogens is 378 g/mol. The Balaban J connectivity index is 3.09. The van der Waals surface area contributed by atoms with Crippen molar-refractivity contribution in [1.29, 1.82) is 0 Å². The summed E-state index contributed by atoms with van der Waals surface area (Å²) in [5.74, 6) is 0. The van der Waals surface area contributed by atoms with Crippen LogP contribution in [-0.4, -0.2) is 4.98 Å². The molecule has 1 nitrogen and oxygen atoms in total. The van der Waals surface area contributed by atoms with Crippen LogP contribution in [0.4, 0.5) is 8.78 Å². The molecule has 0 aliphatic heterocycles. The second-order valence-corrected chi connectivity index (χ2v) is 4.10. The summed E-state index contributed by atoms with van der Waals surface area (Å²) in [6.45, 7) is 0. The maximum atomic E-state index is 12.1. The molecule has 1 rings (SSSR count). The lowest BCUT2D eigenvalue weighted by Gasteiger charge is -2.01. The van der Waals surface area contributed by atoms with Gasteiger partial charge in [0.15, 0.2) is 0 Å². The second kappa shape index (κ2) is 3.92. The highest BCUT2D eigenvalue weighted by Gasteiger charge is 2.11. The van der Waals surface area contributed by atoms with Crippen LogP contribution < -0.4 is 0 Å². The van der Waals surface area contributed by atoms with Crippen molar-refractivity contribution in [2.24, 2.45) is 0 Å². The third-order valence-electron chi connectivity index (χ3n) is 1.08. The molecule has 0 aromatic carbocycles. The number of hydrogen-bond acceptors (Lipinski definition) is 1. The first-order chi connectivity index (χ1) is 5.11. The number of alkyl halides is 2. The quantitative estimate of drug-likeness (QED) is 0.538. The Morgan fingerprint density at radius 3 is 2.45 bits per heavy atom. The van der Waals surface area contributed by atoms with Crippen molar-refractivity contribution in [2.45, 2.75) is 6.43 Å². The van der Waals surface area contributed by atoms with Gasteiger partial charge in [-0.1, -0.05) is 0 Å². The van der Waals surface area contributed by atoms with Gasteiger partial charge in [-0.25, -0.2) is 13.8 Å². The van der Waals surface area contributed by atoms with Gasteiger partial charge in [-0.05, 0) is 51.2 Å². The molecule has 0 radical (unpaired) electrons. The maximum Gasteiger partial charge on any atom is 0.266 e. The van der Waals surface area contributed by atoms with Gasteiger partial charge < -0.3 is 0 Å². The number of pyridine rings is 1. The Morgan fingerprint density at radius 1 is 1.36 bits per heavy atom. The van der Waals surface area contributed by atoms with Crippen LogP contribution in [0.1, 0.15) is 12.0 Å². The molecule has 0 saturated heterocycles. The minimum absolute atomic E-state index is 0.00557. The number of hydrogen-bond donors (Lipinski definition) is 0. The van der Waals surface area contributed by atoms with Crippen LogP contribution in [0.25, 0.3) is 0 Å². The fourth-order valence-electron chi connectivity index (χ4n) is 0.579. The smallest absolute Gasteiger partial charge is 0.250 e. The van der Waals surface area contributed by atoms with E-state index in [0.717, 1.165) is 3.70 Å². The molecule has 0 bridgehead atoms. The fourth-order valence-corrected chi connectivity index (χ4v) is 2.29. The number of nitrogens with zero attached hydrogens (tertiary/aromatic N) is 1. The molecule has 0 atom stereocenters. The largest absolute Gasteiger partial charge is 0.266 e. The summed E-state index contributed by atoms with van der Waals surface area (Å²) >= 11 is 3.86. The third kappa shape index (κ3) is 2.46. The zero-order chi connectivity index (χ0) is 8.43. The lowest BCUT2D eigenvalue weighted by molar-refractivity contribution is 0.150. The Labute approximate surface area is 89.9 Å². The summed E-state index contributed by atoms with van der Waals surface area (Å²) in [6.07, 6.45) is -1.21. The molecule has 11 heavy (non-hydrogen) atoms. The molecule has 0 fully saturated rings. The van der Waals surface area contributed by atoms with Crippen molar-refractivity contribution in [1.82, 2.24) is 4.98 Å². The minimum atomic E-state index is -2.42. The SMILES string of the molecule is FC(F)c1cnc(I)cc1I. The lowest BCUT2D eigenvalue weighted by atomic mass is 10.3. The molecule has 0 N–H and O–H groups in total. The molecule has 0 amide bonds. The van der Waals surface area contributed by atoms with Crippen molar-refractivity contribution in [3.8, 4) is 0 Å². The van der Waals surface area contributed by atoms with Crippen molar-refractivity contribution >= 4 is 45.2 Å². The van der Waals surface area contributed by atoms with Crippen LogP contribution in [0.5, 0.6) is 0 Å². The molecule has 0 aliphatic carbocycles. The van der Waals surface area contributed by atoms with Gasteiger partial charge in [0.1, 0.15) is 3.70 Å². The molecule has 1 heterocycles. The average molecular weight is 381 g/mol. The van der Waals surface area contributed by atoms with Crippen LogP contribution in [-0.2, 0) is 0 Å². The summed E-state index contributed by atoms with van der Waals surface area (Å²) in [5.41, 5.74) is 0.00557. The number of aromatic nitrogens is 1. The summed E-state index contributed by atoms with van der Waals surface area (Å²) < 4.78 is 25.5. The Hall–Kier alpha value is 0.470. The Bertz CT molecular complexity index is 265. The average Bonchev–Trinajstić information content (AvgIpc) is 1.85. The standard InChI is InChI=1S/C6H3F2I2N/c7-6(8)3-2-11-5(10)1-4(3)9/h1-2,6H. The van der Waals surface area contributed by atoms with Crippen molar-refractivity contribution in [2.75, 3.05) is 0 Å². The molecule has 1 aromatic heterocycles. The van der Waals surface area contributed by atoms with Gasteiger partial charge in [0.05, 0.1) is 0 Å². The highest BCUT2D eigenvalue weighted by atomic mass is 127. The van der Waals surface area contributed by atoms with Gasteiger partial charge in [-0.15, -0.1) is 0 Å². The van der Waals surface area contributed by atoms with Gasteiger partial charge in [-0.3, -0.25) is 0 Å². The zero-order valence-electron chi connectivity index (χ0n) is 5.19. The van der Waals surface area contributed by atoms with E-state index in [0.29, 0.717) is 3.57 Å². The molecule has 0 saturated carbocycles. The number of rotatable bonds is 1. The highest BCUT2D eigenvalue weighted by Crippen LogP contribution is 2.23. The predicted molar refractivity (Wildman–Crippen MR) is 54.6 cm³/mol. The van der Waals surface area contributed by atoms with Gasteiger partial charge in [0, 0.05) is 15.3 Å². The van der Waals surface area contributed by atoms with Gasteiger partial charge in [0.2, 0.25) is 0 Å². The molecule has 0 unspecified atom stereocenters.